The van der Waals surface area contributed by atoms with Crippen LogP contribution in [-0.2, 0) is 27.3 Å². The summed E-state index contributed by atoms with van der Waals surface area (Å²) in [6, 6.07) is 1.32. The van der Waals surface area contributed by atoms with E-state index in [1.807, 2.05) is 4.90 Å². The molecule has 9 heteroatoms. The monoisotopic (exact) mass is 473 g/mol. The first kappa shape index (κ1) is 24.3. The number of ether oxygens (including phenoxy) is 2. The van der Waals surface area contributed by atoms with Gasteiger partial charge in [0.2, 0.25) is 11.8 Å². The molecule has 3 heterocycles. The molecule has 0 radical (unpaired) electrons. The largest absolute Gasteiger partial charge is 0.491 e. The average molecular weight is 474 g/mol. The Morgan fingerprint density at radius 2 is 1.85 bits per heavy atom. The maximum atomic E-state index is 13.2. The van der Waals surface area contributed by atoms with Crippen LogP contribution in [0.15, 0.2) is 10.9 Å². The van der Waals surface area contributed by atoms with Crippen molar-refractivity contribution in [3.63, 3.8) is 0 Å². The van der Waals surface area contributed by atoms with Gasteiger partial charge in [-0.15, -0.1) is 0 Å². The third kappa shape index (κ3) is 4.44. The van der Waals surface area contributed by atoms with Crippen LogP contribution in [0.1, 0.15) is 62.0 Å². The molecular weight excluding hydrogens is 438 g/mol. The normalized spacial score (nSPS) is 21.1. The zero-order valence-corrected chi connectivity index (χ0v) is 20.4. The van der Waals surface area contributed by atoms with Crippen LogP contribution in [0.4, 0.5) is 0 Å². The maximum absolute atomic E-state index is 13.2. The van der Waals surface area contributed by atoms with Crippen LogP contribution in [0.5, 0.6) is 5.75 Å². The third-order valence-electron chi connectivity index (χ3n) is 7.98. The number of esters is 1. The zero-order chi connectivity index (χ0) is 24.5. The molecule has 2 aliphatic heterocycles. The Kier molecular flexibility index (Phi) is 7.00. The highest BCUT2D eigenvalue weighted by molar-refractivity contribution is 5.93. The minimum absolute atomic E-state index is 0.0488. The summed E-state index contributed by atoms with van der Waals surface area (Å²) in [7, 11) is 1.30. The van der Waals surface area contributed by atoms with E-state index in [9.17, 15) is 19.2 Å². The van der Waals surface area contributed by atoms with Gasteiger partial charge in [0.15, 0.2) is 0 Å². The van der Waals surface area contributed by atoms with Crippen LogP contribution in [0.25, 0.3) is 0 Å². The highest BCUT2D eigenvalue weighted by atomic mass is 16.5. The first-order chi connectivity index (χ1) is 16.3. The number of carbonyl (C=O) groups is 3. The molecule has 2 fully saturated rings. The number of hydrogen-bond acceptors (Lipinski definition) is 6. The molecule has 1 saturated heterocycles. The van der Waals surface area contributed by atoms with Gasteiger partial charge in [-0.05, 0) is 31.1 Å². The van der Waals surface area contributed by atoms with Gasteiger partial charge in [-0.1, -0.05) is 13.8 Å². The molecule has 0 spiro atoms. The van der Waals surface area contributed by atoms with Crippen molar-refractivity contribution >= 4 is 17.8 Å². The minimum atomic E-state index is -0.575. The van der Waals surface area contributed by atoms with Gasteiger partial charge < -0.3 is 23.8 Å². The molecule has 9 nitrogen and oxygen atoms in total. The van der Waals surface area contributed by atoms with E-state index < -0.39 is 5.97 Å². The summed E-state index contributed by atoms with van der Waals surface area (Å²) in [6.45, 7) is 6.75. The fraction of sp³-hybridized carbons (Fsp3) is 0.680. The van der Waals surface area contributed by atoms with Crippen molar-refractivity contribution < 1.29 is 23.9 Å². The molecule has 0 N–H and O–H groups in total. The van der Waals surface area contributed by atoms with Crippen LogP contribution in [0, 0.1) is 11.3 Å². The first-order valence-corrected chi connectivity index (χ1v) is 12.4. The predicted molar refractivity (Wildman–Crippen MR) is 125 cm³/mol. The van der Waals surface area contributed by atoms with Gasteiger partial charge >= 0.3 is 5.97 Å². The average Bonchev–Trinajstić information content (AvgIpc) is 3.51. The van der Waals surface area contributed by atoms with E-state index in [0.29, 0.717) is 51.3 Å². The molecule has 1 aliphatic carbocycles. The fourth-order valence-corrected chi connectivity index (χ4v) is 5.56. The Morgan fingerprint density at radius 1 is 1.09 bits per heavy atom. The number of pyridine rings is 1. The number of nitrogens with zero attached hydrogens (tertiary/aromatic N) is 3. The number of likely N-dealkylation sites (tertiary alicyclic amines) is 1. The summed E-state index contributed by atoms with van der Waals surface area (Å²) < 4.78 is 12.4. The standard InChI is InChI=1S/C25H35N3O6/c1-4-25(5-2)16-17(25)23(31)27-10-8-18-22(24(32)33-3)19(15-21(30)28(18)12-11-27)34-14-13-26-9-6-7-20(26)29/h15,17H,4-14,16H2,1-3H3. The number of aromatic nitrogens is 1. The minimum Gasteiger partial charge on any atom is -0.491 e. The second kappa shape index (κ2) is 9.80. The highest BCUT2D eigenvalue weighted by Crippen LogP contribution is 2.58. The van der Waals surface area contributed by atoms with E-state index in [2.05, 4.69) is 13.8 Å². The summed E-state index contributed by atoms with van der Waals surface area (Å²) in [5.74, 6) is -0.111. The Morgan fingerprint density at radius 3 is 2.47 bits per heavy atom. The molecule has 1 aromatic rings. The summed E-state index contributed by atoms with van der Waals surface area (Å²) >= 11 is 0. The van der Waals surface area contributed by atoms with Crippen LogP contribution >= 0.6 is 0 Å². The first-order valence-electron chi connectivity index (χ1n) is 12.4. The zero-order valence-electron chi connectivity index (χ0n) is 20.4. The molecule has 1 unspecified atom stereocenters. The van der Waals surface area contributed by atoms with Gasteiger partial charge in [0.05, 0.1) is 13.7 Å². The lowest BCUT2D eigenvalue weighted by Crippen LogP contribution is -2.36. The van der Waals surface area contributed by atoms with Crippen molar-refractivity contribution in [2.24, 2.45) is 11.3 Å². The molecule has 4 rings (SSSR count). The Bertz CT molecular complexity index is 1030. The molecule has 186 valence electrons. The number of carbonyl (C=O) groups excluding carboxylic acids is 3. The van der Waals surface area contributed by atoms with Gasteiger partial charge in [0.25, 0.3) is 5.56 Å². The second-order valence-electron chi connectivity index (χ2n) is 9.55. The van der Waals surface area contributed by atoms with Crippen molar-refractivity contribution in [2.45, 2.75) is 58.9 Å². The Hall–Kier alpha value is -2.84. The van der Waals surface area contributed by atoms with E-state index in [1.54, 1.807) is 9.47 Å². The van der Waals surface area contributed by atoms with Gasteiger partial charge in [0.1, 0.15) is 17.9 Å². The van der Waals surface area contributed by atoms with Crippen molar-refractivity contribution in [2.75, 3.05) is 39.9 Å². The summed E-state index contributed by atoms with van der Waals surface area (Å²) in [4.78, 5) is 54.3. The van der Waals surface area contributed by atoms with Gasteiger partial charge in [0, 0.05) is 56.7 Å². The van der Waals surface area contributed by atoms with Crippen LogP contribution in [0.3, 0.4) is 0 Å². The molecule has 34 heavy (non-hydrogen) atoms. The lowest BCUT2D eigenvalue weighted by atomic mass is 9.96. The van der Waals surface area contributed by atoms with Gasteiger partial charge in [-0.2, -0.15) is 0 Å². The van der Waals surface area contributed by atoms with E-state index >= 15 is 0 Å². The molecular formula is C25H35N3O6. The molecule has 3 aliphatic rings. The third-order valence-corrected chi connectivity index (χ3v) is 7.98. The summed E-state index contributed by atoms with van der Waals surface area (Å²) in [5, 5.41) is 0. The topological polar surface area (TPSA) is 98.2 Å². The second-order valence-corrected chi connectivity index (χ2v) is 9.55. The van der Waals surface area contributed by atoms with Crippen molar-refractivity contribution in [1.29, 1.82) is 0 Å². The number of hydrogen-bond donors (Lipinski definition) is 0. The van der Waals surface area contributed by atoms with E-state index in [-0.39, 0.29) is 46.6 Å². The summed E-state index contributed by atoms with van der Waals surface area (Å²) in [5.41, 5.74) is 0.608. The van der Waals surface area contributed by atoms with Crippen molar-refractivity contribution in [3.05, 3.63) is 27.7 Å². The number of rotatable bonds is 8. The number of methoxy groups -OCH3 is 1. The van der Waals surface area contributed by atoms with Crippen molar-refractivity contribution in [3.8, 4) is 5.75 Å². The molecule has 1 saturated carbocycles. The van der Waals surface area contributed by atoms with Crippen LogP contribution < -0.4 is 10.3 Å². The van der Waals surface area contributed by atoms with Crippen molar-refractivity contribution in [1.82, 2.24) is 14.4 Å². The summed E-state index contributed by atoms with van der Waals surface area (Å²) in [6.07, 6.45) is 4.65. The Balaban J connectivity index is 1.53. The highest BCUT2D eigenvalue weighted by Gasteiger charge is 2.56. The Labute approximate surface area is 200 Å². The van der Waals surface area contributed by atoms with Gasteiger partial charge in [-0.3, -0.25) is 14.4 Å². The van der Waals surface area contributed by atoms with E-state index in [0.717, 1.165) is 25.7 Å². The molecule has 1 atom stereocenters. The molecule has 1 aromatic heterocycles. The fourth-order valence-electron chi connectivity index (χ4n) is 5.56. The van der Waals surface area contributed by atoms with Crippen LogP contribution in [-0.4, -0.2) is 72.0 Å². The number of amides is 2. The SMILES string of the molecule is CCC1(CC)CC1C(=O)N1CCc2c(C(=O)OC)c(OCCN3CCCC3=O)cc(=O)n2CC1. The van der Waals surface area contributed by atoms with Gasteiger partial charge in [-0.25, -0.2) is 4.79 Å². The molecule has 0 bridgehead atoms. The lowest BCUT2D eigenvalue weighted by molar-refractivity contribution is -0.133. The predicted octanol–water partition coefficient (Wildman–Crippen LogP) is 1.85. The molecule has 2 amide bonds. The smallest absolute Gasteiger partial charge is 0.343 e. The van der Waals surface area contributed by atoms with E-state index in [4.69, 9.17) is 9.47 Å². The van der Waals surface area contributed by atoms with Crippen LogP contribution in [0.2, 0.25) is 0 Å². The number of fused-ring (bicyclic) bond motifs is 1. The maximum Gasteiger partial charge on any atom is 0.343 e. The molecule has 0 aromatic carbocycles. The quantitative estimate of drug-likeness (QED) is 0.535. The van der Waals surface area contributed by atoms with E-state index in [1.165, 1.54) is 13.2 Å². The lowest BCUT2D eigenvalue weighted by Gasteiger charge is -2.22.